The van der Waals surface area contributed by atoms with Crippen molar-refractivity contribution in [3.05, 3.63) is 70.2 Å². The van der Waals surface area contributed by atoms with Crippen molar-refractivity contribution in [3.8, 4) is 0 Å². The molecule has 3 aromatic rings. The minimum Gasteiger partial charge on any atom is -0.465 e. The molecule has 0 aliphatic rings. The molecule has 0 aliphatic heterocycles. The van der Waals surface area contributed by atoms with Crippen LogP contribution in [0.5, 0.6) is 0 Å². The lowest BCUT2D eigenvalue weighted by Gasteiger charge is -2.14. The van der Waals surface area contributed by atoms with Crippen LogP contribution >= 0.6 is 23.2 Å². The molecule has 3 aromatic carbocycles. The predicted molar refractivity (Wildman–Crippen MR) is 103 cm³/mol. The topological polar surface area (TPSA) is 72.5 Å². The van der Waals surface area contributed by atoms with Gasteiger partial charge in [0.05, 0.1) is 23.4 Å². The van der Waals surface area contributed by atoms with Crippen LogP contribution in [0.3, 0.4) is 0 Å². The predicted octanol–water partition coefficient (Wildman–Crippen LogP) is 4.73. The number of benzene rings is 3. The number of sulfonamides is 1. The van der Waals surface area contributed by atoms with Crippen molar-refractivity contribution in [2.45, 2.75) is 4.90 Å². The lowest BCUT2D eigenvalue weighted by molar-refractivity contribution is 0.0602. The smallest absolute Gasteiger partial charge is 0.339 e. The molecule has 0 atom stereocenters. The minimum atomic E-state index is -4.10. The first-order valence-corrected chi connectivity index (χ1v) is 9.66. The zero-order chi connectivity index (χ0) is 18.9. The van der Waals surface area contributed by atoms with E-state index in [1.807, 2.05) is 0 Å². The standard InChI is InChI=1S/C18H13Cl2NO4S/c1-25-18(22)13-8-4-5-9-15(13)21-26(23,24)16-10-14(19)11-6-2-3-7-12(11)17(16)20/h2-10,21H,1H3. The molecule has 3 rings (SSSR count). The zero-order valence-electron chi connectivity index (χ0n) is 13.5. The molecule has 0 radical (unpaired) electrons. The maximum absolute atomic E-state index is 12.9. The van der Waals surface area contributed by atoms with Gasteiger partial charge in [-0.1, -0.05) is 59.6 Å². The molecule has 0 spiro atoms. The first-order valence-electron chi connectivity index (χ1n) is 7.42. The van der Waals surface area contributed by atoms with E-state index in [1.165, 1.54) is 25.3 Å². The van der Waals surface area contributed by atoms with E-state index in [-0.39, 0.29) is 26.2 Å². The fourth-order valence-corrected chi connectivity index (χ4v) is 4.59. The van der Waals surface area contributed by atoms with Crippen LogP contribution in [0.2, 0.25) is 10.0 Å². The molecule has 0 aromatic heterocycles. The Morgan fingerprint density at radius 2 is 1.62 bits per heavy atom. The maximum atomic E-state index is 12.9. The molecule has 1 N–H and O–H groups in total. The Morgan fingerprint density at radius 3 is 2.31 bits per heavy atom. The van der Waals surface area contributed by atoms with Crippen LogP contribution in [-0.4, -0.2) is 21.5 Å². The number of fused-ring (bicyclic) bond motifs is 1. The molecule has 0 bridgehead atoms. The van der Waals surface area contributed by atoms with Gasteiger partial charge in [0.25, 0.3) is 10.0 Å². The second-order valence-electron chi connectivity index (χ2n) is 5.36. The van der Waals surface area contributed by atoms with E-state index in [1.54, 1.807) is 36.4 Å². The van der Waals surface area contributed by atoms with E-state index in [9.17, 15) is 13.2 Å². The summed E-state index contributed by atoms with van der Waals surface area (Å²) in [6.45, 7) is 0. The van der Waals surface area contributed by atoms with Crippen LogP contribution in [-0.2, 0) is 14.8 Å². The maximum Gasteiger partial charge on any atom is 0.339 e. The summed E-state index contributed by atoms with van der Waals surface area (Å²) in [5.74, 6) is -0.661. The Labute approximate surface area is 160 Å². The summed E-state index contributed by atoms with van der Waals surface area (Å²) in [5, 5.41) is 1.47. The fourth-order valence-electron chi connectivity index (χ4n) is 2.53. The number of para-hydroxylation sites is 1. The highest BCUT2D eigenvalue weighted by atomic mass is 35.5. The minimum absolute atomic E-state index is 0.0491. The Bertz CT molecular complexity index is 1110. The highest BCUT2D eigenvalue weighted by Gasteiger charge is 2.23. The largest absolute Gasteiger partial charge is 0.465 e. The van der Waals surface area contributed by atoms with Crippen LogP contribution < -0.4 is 4.72 Å². The summed E-state index contributed by atoms with van der Waals surface area (Å²) < 4.78 is 32.8. The van der Waals surface area contributed by atoms with Crippen molar-refractivity contribution in [3.63, 3.8) is 0 Å². The molecule has 5 nitrogen and oxygen atoms in total. The summed E-state index contributed by atoms with van der Waals surface area (Å²) in [6.07, 6.45) is 0. The number of hydrogen-bond donors (Lipinski definition) is 1. The molecule has 0 heterocycles. The Morgan fingerprint density at radius 1 is 1.00 bits per heavy atom. The number of carbonyl (C=O) groups is 1. The number of methoxy groups -OCH3 is 1. The summed E-state index contributed by atoms with van der Waals surface area (Å²) in [5.41, 5.74) is 0.168. The molecule has 0 saturated heterocycles. The van der Waals surface area contributed by atoms with E-state index in [2.05, 4.69) is 9.46 Å². The zero-order valence-corrected chi connectivity index (χ0v) is 15.8. The van der Waals surface area contributed by atoms with Gasteiger partial charge in [0.1, 0.15) is 4.90 Å². The van der Waals surface area contributed by atoms with Gasteiger partial charge in [-0.2, -0.15) is 0 Å². The molecule has 0 saturated carbocycles. The lowest BCUT2D eigenvalue weighted by Crippen LogP contribution is -2.16. The molecule has 26 heavy (non-hydrogen) atoms. The normalized spacial score (nSPS) is 11.3. The number of hydrogen-bond acceptors (Lipinski definition) is 4. The summed E-state index contributed by atoms with van der Waals surface area (Å²) in [7, 11) is -2.88. The van der Waals surface area contributed by atoms with Crippen LogP contribution in [0.25, 0.3) is 10.8 Å². The third kappa shape index (κ3) is 3.35. The van der Waals surface area contributed by atoms with Gasteiger partial charge in [-0.25, -0.2) is 13.2 Å². The van der Waals surface area contributed by atoms with E-state index in [4.69, 9.17) is 23.2 Å². The van der Waals surface area contributed by atoms with Crippen molar-refractivity contribution >= 4 is 55.7 Å². The van der Waals surface area contributed by atoms with Gasteiger partial charge in [-0.3, -0.25) is 4.72 Å². The van der Waals surface area contributed by atoms with Gasteiger partial charge < -0.3 is 4.74 Å². The average Bonchev–Trinajstić information content (AvgIpc) is 2.64. The molecule has 134 valence electrons. The van der Waals surface area contributed by atoms with Gasteiger partial charge >= 0.3 is 5.97 Å². The molecule has 0 unspecified atom stereocenters. The fraction of sp³-hybridized carbons (Fsp3) is 0.0556. The molecular weight excluding hydrogens is 397 g/mol. The Kier molecular flexibility index (Phi) is 5.09. The van der Waals surface area contributed by atoms with Crippen molar-refractivity contribution in [2.24, 2.45) is 0 Å². The van der Waals surface area contributed by atoms with Gasteiger partial charge in [0, 0.05) is 15.8 Å². The van der Waals surface area contributed by atoms with Gasteiger partial charge in [-0.15, -0.1) is 0 Å². The van der Waals surface area contributed by atoms with E-state index in [0.717, 1.165) is 0 Å². The quantitative estimate of drug-likeness (QED) is 0.631. The number of anilines is 1. The second-order valence-corrected chi connectivity index (χ2v) is 7.79. The number of nitrogens with one attached hydrogen (secondary N) is 1. The summed E-state index contributed by atoms with van der Waals surface area (Å²) in [4.78, 5) is 11.7. The van der Waals surface area contributed by atoms with E-state index >= 15 is 0 Å². The van der Waals surface area contributed by atoms with Crippen LogP contribution in [0.4, 0.5) is 5.69 Å². The summed E-state index contributed by atoms with van der Waals surface area (Å²) >= 11 is 12.5. The second kappa shape index (κ2) is 7.15. The Balaban J connectivity index is 2.12. The molecule has 0 fully saturated rings. The van der Waals surface area contributed by atoms with Crippen molar-refractivity contribution in [1.29, 1.82) is 0 Å². The Hall–Kier alpha value is -2.28. The van der Waals surface area contributed by atoms with Gasteiger partial charge in [-0.05, 0) is 18.2 Å². The SMILES string of the molecule is COC(=O)c1ccccc1NS(=O)(=O)c1cc(Cl)c2ccccc2c1Cl. The first kappa shape index (κ1) is 18.5. The van der Waals surface area contributed by atoms with Crippen LogP contribution in [0, 0.1) is 0 Å². The summed E-state index contributed by atoms with van der Waals surface area (Å²) in [6, 6.07) is 14.4. The molecular formula is C18H13Cl2NO4S. The number of ether oxygens (including phenoxy) is 1. The van der Waals surface area contributed by atoms with Gasteiger partial charge in [0.2, 0.25) is 0 Å². The molecule has 0 aliphatic carbocycles. The number of carbonyl (C=O) groups excluding carboxylic acids is 1. The average molecular weight is 410 g/mol. The number of esters is 1. The van der Waals surface area contributed by atoms with Crippen LogP contribution in [0.1, 0.15) is 10.4 Å². The molecule has 0 amide bonds. The van der Waals surface area contributed by atoms with Crippen molar-refractivity contribution in [2.75, 3.05) is 11.8 Å². The number of halogens is 2. The van der Waals surface area contributed by atoms with Crippen molar-refractivity contribution in [1.82, 2.24) is 0 Å². The highest BCUT2D eigenvalue weighted by Crippen LogP contribution is 2.36. The lowest BCUT2D eigenvalue weighted by atomic mass is 10.1. The third-order valence-corrected chi connectivity index (χ3v) is 5.98. The van der Waals surface area contributed by atoms with Gasteiger partial charge in [0.15, 0.2) is 0 Å². The van der Waals surface area contributed by atoms with E-state index in [0.29, 0.717) is 10.8 Å². The third-order valence-electron chi connectivity index (χ3n) is 3.76. The molecule has 8 heteroatoms. The highest BCUT2D eigenvalue weighted by molar-refractivity contribution is 7.92. The van der Waals surface area contributed by atoms with Crippen LogP contribution in [0.15, 0.2) is 59.5 Å². The monoisotopic (exact) mass is 409 g/mol. The van der Waals surface area contributed by atoms with E-state index < -0.39 is 16.0 Å². The first-order chi connectivity index (χ1) is 12.3. The number of rotatable bonds is 4. The van der Waals surface area contributed by atoms with Crippen molar-refractivity contribution < 1.29 is 17.9 Å².